The number of hydrogen-bond acceptors (Lipinski definition) is 6. The number of anilines is 1. The lowest BCUT2D eigenvalue weighted by molar-refractivity contribution is -0.146. The Morgan fingerprint density at radius 3 is 2.27 bits per heavy atom. The summed E-state index contributed by atoms with van der Waals surface area (Å²) in [5, 5.41) is 2.54. The Kier molecular flexibility index (Phi) is 6.18. The monoisotopic (exact) mass is 422 g/mol. The molecule has 1 N–H and O–H groups in total. The second-order valence-electron chi connectivity index (χ2n) is 7.08. The lowest BCUT2D eigenvalue weighted by atomic mass is 10.2. The van der Waals surface area contributed by atoms with Gasteiger partial charge in [0.15, 0.2) is 11.5 Å². The lowest BCUT2D eigenvalue weighted by Crippen LogP contribution is -2.53. The molecule has 160 valence electrons. The van der Waals surface area contributed by atoms with Crippen molar-refractivity contribution in [2.24, 2.45) is 0 Å². The van der Waals surface area contributed by atoms with E-state index in [4.69, 9.17) is 0 Å². The van der Waals surface area contributed by atoms with Crippen molar-refractivity contribution < 1.29 is 22.8 Å². The molecule has 0 aliphatic carbocycles. The molecule has 3 heterocycles. The highest BCUT2D eigenvalue weighted by molar-refractivity contribution is 6.35. The summed E-state index contributed by atoms with van der Waals surface area (Å²) < 4.78 is 40.1. The molecule has 0 unspecified atom stereocenters. The van der Waals surface area contributed by atoms with Crippen molar-refractivity contribution in [1.82, 2.24) is 25.2 Å². The van der Waals surface area contributed by atoms with Gasteiger partial charge in [0.1, 0.15) is 5.82 Å². The molecule has 8 nitrogen and oxygen atoms in total. The molecule has 30 heavy (non-hydrogen) atoms. The Balaban J connectivity index is 1.80. The van der Waals surface area contributed by atoms with Crippen LogP contribution >= 0.6 is 0 Å². The maximum absolute atomic E-state index is 13.4. The van der Waals surface area contributed by atoms with Gasteiger partial charge >= 0.3 is 18.0 Å². The largest absolute Gasteiger partial charge is 0.433 e. The predicted molar refractivity (Wildman–Crippen MR) is 102 cm³/mol. The van der Waals surface area contributed by atoms with Crippen LogP contribution in [0.5, 0.6) is 0 Å². The minimum atomic E-state index is -4.63. The van der Waals surface area contributed by atoms with Crippen LogP contribution in [0.4, 0.5) is 19.0 Å². The van der Waals surface area contributed by atoms with Crippen molar-refractivity contribution >= 4 is 17.6 Å². The van der Waals surface area contributed by atoms with Gasteiger partial charge in [-0.25, -0.2) is 9.97 Å². The molecule has 0 atom stereocenters. The molecule has 1 aliphatic heterocycles. The van der Waals surface area contributed by atoms with Crippen molar-refractivity contribution in [3.05, 3.63) is 36.3 Å². The first-order valence-corrected chi connectivity index (χ1v) is 9.36. The number of alkyl halides is 3. The first kappa shape index (κ1) is 21.5. The highest BCUT2D eigenvalue weighted by atomic mass is 19.4. The number of rotatable bonds is 3. The Hall–Kier alpha value is -3.24. The van der Waals surface area contributed by atoms with Gasteiger partial charge in [-0.2, -0.15) is 13.2 Å². The summed E-state index contributed by atoms with van der Waals surface area (Å²) >= 11 is 0. The molecule has 1 saturated heterocycles. The van der Waals surface area contributed by atoms with Gasteiger partial charge < -0.3 is 15.1 Å². The van der Waals surface area contributed by atoms with Crippen LogP contribution in [0.1, 0.15) is 19.5 Å². The van der Waals surface area contributed by atoms with E-state index >= 15 is 0 Å². The fourth-order valence-electron chi connectivity index (χ4n) is 2.98. The van der Waals surface area contributed by atoms with Gasteiger partial charge in [-0.1, -0.05) is 0 Å². The van der Waals surface area contributed by atoms with Gasteiger partial charge in [0.2, 0.25) is 0 Å². The summed E-state index contributed by atoms with van der Waals surface area (Å²) in [7, 11) is 0. The highest BCUT2D eigenvalue weighted by Crippen LogP contribution is 2.31. The lowest BCUT2D eigenvalue weighted by Gasteiger charge is -2.35. The zero-order chi connectivity index (χ0) is 21.9. The summed E-state index contributed by atoms with van der Waals surface area (Å²) in [6, 6.07) is 3.79. The number of nitrogens with one attached hydrogen (secondary N) is 1. The number of halogens is 3. The van der Waals surface area contributed by atoms with Crippen molar-refractivity contribution in [3.63, 3.8) is 0 Å². The molecule has 11 heteroatoms. The van der Waals surface area contributed by atoms with E-state index in [1.807, 2.05) is 0 Å². The van der Waals surface area contributed by atoms with Crippen molar-refractivity contribution in [2.45, 2.75) is 26.1 Å². The second kappa shape index (κ2) is 8.64. The van der Waals surface area contributed by atoms with Crippen LogP contribution in [-0.2, 0) is 15.8 Å². The van der Waals surface area contributed by atoms with Gasteiger partial charge in [-0.3, -0.25) is 14.6 Å². The van der Waals surface area contributed by atoms with Gasteiger partial charge in [-0.15, -0.1) is 0 Å². The fraction of sp³-hybridized carbons (Fsp3) is 0.421. The number of pyridine rings is 1. The predicted octanol–water partition coefficient (Wildman–Crippen LogP) is 1.73. The first-order chi connectivity index (χ1) is 14.1. The molecular weight excluding hydrogens is 401 g/mol. The average Bonchev–Trinajstić information content (AvgIpc) is 2.72. The molecule has 0 aromatic carbocycles. The van der Waals surface area contributed by atoms with E-state index < -0.39 is 23.7 Å². The van der Waals surface area contributed by atoms with Gasteiger partial charge in [0, 0.05) is 56.2 Å². The van der Waals surface area contributed by atoms with Crippen LogP contribution in [0.25, 0.3) is 11.4 Å². The Labute approximate surface area is 171 Å². The number of nitrogens with zero attached hydrogens (tertiary/aromatic N) is 5. The standard InChI is InChI=1S/C19H21F3N6O2/c1-12(2)24-17(29)18(30)28-9-7-27(8-10-28)15-11-14(19(20,21)22)25-16(26-15)13-3-5-23-6-4-13/h3-6,11-12H,7-10H2,1-2H3,(H,24,29). The summed E-state index contributed by atoms with van der Waals surface area (Å²) in [5.74, 6) is -1.29. The summed E-state index contributed by atoms with van der Waals surface area (Å²) in [5.41, 5.74) is -0.634. The second-order valence-corrected chi connectivity index (χ2v) is 7.08. The number of carbonyl (C=O) groups excluding carboxylic acids is 2. The van der Waals surface area contributed by atoms with Gasteiger partial charge in [0.05, 0.1) is 0 Å². The minimum absolute atomic E-state index is 0.0583. The van der Waals surface area contributed by atoms with Gasteiger partial charge in [0.25, 0.3) is 0 Å². The van der Waals surface area contributed by atoms with E-state index in [1.54, 1.807) is 18.7 Å². The molecule has 3 rings (SSSR count). The van der Waals surface area contributed by atoms with Crippen LogP contribution in [-0.4, -0.2) is 63.9 Å². The summed E-state index contributed by atoms with van der Waals surface area (Å²) in [4.78, 5) is 38.9. The molecule has 2 aromatic heterocycles. The number of aromatic nitrogens is 3. The van der Waals surface area contributed by atoms with E-state index in [0.717, 1.165) is 6.07 Å². The average molecular weight is 422 g/mol. The maximum Gasteiger partial charge on any atom is 0.433 e. The first-order valence-electron chi connectivity index (χ1n) is 9.36. The van der Waals surface area contributed by atoms with Crippen LogP contribution in [0.2, 0.25) is 0 Å². The molecule has 1 fully saturated rings. The van der Waals surface area contributed by atoms with E-state index in [2.05, 4.69) is 20.3 Å². The van der Waals surface area contributed by atoms with Crippen LogP contribution in [0.3, 0.4) is 0 Å². The minimum Gasteiger partial charge on any atom is -0.353 e. The molecule has 2 amide bonds. The molecular formula is C19H21F3N6O2. The van der Waals surface area contributed by atoms with E-state index in [0.29, 0.717) is 5.56 Å². The van der Waals surface area contributed by atoms with Crippen LogP contribution in [0, 0.1) is 0 Å². The maximum atomic E-state index is 13.4. The zero-order valence-electron chi connectivity index (χ0n) is 16.5. The number of hydrogen-bond donors (Lipinski definition) is 1. The Bertz CT molecular complexity index is 912. The van der Waals surface area contributed by atoms with E-state index in [1.165, 1.54) is 29.4 Å². The highest BCUT2D eigenvalue weighted by Gasteiger charge is 2.35. The fourth-order valence-corrected chi connectivity index (χ4v) is 2.98. The third kappa shape index (κ3) is 5.02. The van der Waals surface area contributed by atoms with Crippen LogP contribution < -0.4 is 10.2 Å². The smallest absolute Gasteiger partial charge is 0.353 e. The van der Waals surface area contributed by atoms with Crippen molar-refractivity contribution in [1.29, 1.82) is 0 Å². The van der Waals surface area contributed by atoms with E-state index in [-0.39, 0.29) is 43.9 Å². The number of piperazine rings is 1. The quantitative estimate of drug-likeness (QED) is 0.758. The number of amides is 2. The third-order valence-electron chi connectivity index (χ3n) is 4.45. The summed E-state index contributed by atoms with van der Waals surface area (Å²) in [6.07, 6.45) is -1.73. The Morgan fingerprint density at radius 1 is 1.07 bits per heavy atom. The topological polar surface area (TPSA) is 91.3 Å². The third-order valence-corrected chi connectivity index (χ3v) is 4.45. The molecule has 0 saturated carbocycles. The van der Waals surface area contributed by atoms with Crippen molar-refractivity contribution in [2.75, 3.05) is 31.1 Å². The van der Waals surface area contributed by atoms with Crippen LogP contribution in [0.15, 0.2) is 30.6 Å². The Morgan fingerprint density at radius 2 is 1.70 bits per heavy atom. The molecule has 0 radical (unpaired) electrons. The van der Waals surface area contributed by atoms with E-state index in [9.17, 15) is 22.8 Å². The van der Waals surface area contributed by atoms with Crippen molar-refractivity contribution in [3.8, 4) is 11.4 Å². The molecule has 2 aromatic rings. The molecule has 1 aliphatic rings. The summed E-state index contributed by atoms with van der Waals surface area (Å²) in [6.45, 7) is 4.36. The SMILES string of the molecule is CC(C)NC(=O)C(=O)N1CCN(c2cc(C(F)(F)F)nc(-c3ccncc3)n2)CC1. The zero-order valence-corrected chi connectivity index (χ0v) is 16.5. The number of carbonyl (C=O) groups is 2. The van der Waals surface area contributed by atoms with Gasteiger partial charge in [-0.05, 0) is 26.0 Å². The normalized spacial score (nSPS) is 14.7. The molecule has 0 spiro atoms. The molecule has 0 bridgehead atoms.